The monoisotopic (exact) mass is 277 g/mol. The van der Waals surface area contributed by atoms with Gasteiger partial charge in [0.2, 0.25) is 0 Å². The van der Waals surface area contributed by atoms with E-state index in [-0.39, 0.29) is 13.0 Å². The Balaban J connectivity index is 2.20. The van der Waals surface area contributed by atoms with Gasteiger partial charge in [0.15, 0.2) is 5.60 Å². The van der Waals surface area contributed by atoms with Gasteiger partial charge in [-0.25, -0.2) is 4.79 Å². The minimum atomic E-state index is -0.919. The molecule has 0 aromatic heterocycles. The zero-order valence-corrected chi connectivity index (χ0v) is 12.0. The number of carbonyl (C=O) groups excluding carboxylic acids is 1. The maximum Gasteiger partial charge on any atom is 0.410 e. The van der Waals surface area contributed by atoms with Gasteiger partial charge in [-0.2, -0.15) is 0 Å². The first kappa shape index (κ1) is 14.4. The molecule has 5 nitrogen and oxygen atoms in total. The number of benzene rings is 1. The summed E-state index contributed by atoms with van der Waals surface area (Å²) in [6.07, 6.45) is -0.522. The van der Waals surface area contributed by atoms with Gasteiger partial charge in [0, 0.05) is 12.1 Å². The molecule has 5 heteroatoms. The van der Waals surface area contributed by atoms with E-state index in [4.69, 9.17) is 9.84 Å². The van der Waals surface area contributed by atoms with E-state index in [0.29, 0.717) is 6.54 Å². The summed E-state index contributed by atoms with van der Waals surface area (Å²) in [6, 6.07) is 6.01. The molecule has 2 rings (SSSR count). The molecule has 1 amide bonds. The number of amides is 1. The summed E-state index contributed by atoms with van der Waals surface area (Å²) in [6.45, 7) is 6.42. The molecule has 108 valence electrons. The minimum Gasteiger partial charge on any atom is -0.481 e. The summed E-state index contributed by atoms with van der Waals surface area (Å²) in [4.78, 5) is 23.9. The third-order valence-corrected chi connectivity index (χ3v) is 3.61. The van der Waals surface area contributed by atoms with Crippen LogP contribution in [0.4, 0.5) is 4.79 Å². The lowest BCUT2D eigenvalue weighted by Gasteiger charge is -2.24. The number of hydrogen-bond donors (Lipinski definition) is 1. The highest BCUT2D eigenvalue weighted by Gasteiger charge is 2.43. The second-order valence-corrected chi connectivity index (χ2v) is 5.48. The van der Waals surface area contributed by atoms with Gasteiger partial charge in [-0.05, 0) is 26.3 Å². The average molecular weight is 277 g/mol. The Morgan fingerprint density at radius 3 is 2.75 bits per heavy atom. The molecule has 1 aromatic rings. The molecule has 0 aliphatic carbocycles. The number of carboxylic acids is 1. The van der Waals surface area contributed by atoms with E-state index >= 15 is 0 Å². The quantitative estimate of drug-likeness (QED) is 0.918. The molecule has 1 N–H and O–H groups in total. The summed E-state index contributed by atoms with van der Waals surface area (Å²) in [7, 11) is 0. The molecule has 1 saturated heterocycles. The molecule has 1 aromatic carbocycles. The molecule has 0 bridgehead atoms. The molecule has 0 spiro atoms. The molecular formula is C15H19NO4. The number of aliphatic carboxylic acids is 1. The number of hydrogen-bond acceptors (Lipinski definition) is 3. The molecule has 1 heterocycles. The van der Waals surface area contributed by atoms with Crippen molar-refractivity contribution in [2.75, 3.05) is 13.1 Å². The molecule has 1 aliphatic rings. The molecule has 20 heavy (non-hydrogen) atoms. The Bertz CT molecular complexity index is 555. The van der Waals surface area contributed by atoms with E-state index in [9.17, 15) is 9.59 Å². The predicted molar refractivity (Wildman–Crippen MR) is 73.6 cm³/mol. The number of nitrogens with zero attached hydrogens (tertiary/aromatic N) is 1. The summed E-state index contributed by atoms with van der Waals surface area (Å²) < 4.78 is 5.49. The van der Waals surface area contributed by atoms with Crippen LogP contribution in [0.5, 0.6) is 0 Å². The van der Waals surface area contributed by atoms with Crippen molar-refractivity contribution in [2.24, 2.45) is 0 Å². The molecule has 0 saturated carbocycles. The number of aryl methyl sites for hydroxylation is 2. The predicted octanol–water partition coefficient (Wildman–Crippen LogP) is 2.45. The SMILES string of the molecule is Cc1ccc(C2(C)CN(CCC(=O)O)C(=O)O2)c(C)c1. The van der Waals surface area contributed by atoms with Gasteiger partial charge in [0.1, 0.15) is 0 Å². The molecule has 1 fully saturated rings. The fraction of sp³-hybridized carbons (Fsp3) is 0.467. The van der Waals surface area contributed by atoms with Crippen LogP contribution in [0.1, 0.15) is 30.0 Å². The van der Waals surface area contributed by atoms with Crippen LogP contribution in [0.15, 0.2) is 18.2 Å². The highest BCUT2D eigenvalue weighted by Crippen LogP contribution is 2.35. The fourth-order valence-electron chi connectivity index (χ4n) is 2.67. The Hall–Kier alpha value is -2.04. The van der Waals surface area contributed by atoms with Gasteiger partial charge < -0.3 is 14.7 Å². The van der Waals surface area contributed by atoms with E-state index in [0.717, 1.165) is 16.7 Å². The average Bonchev–Trinajstić information content (AvgIpc) is 2.62. The zero-order valence-electron chi connectivity index (χ0n) is 12.0. The lowest BCUT2D eigenvalue weighted by Crippen LogP contribution is -2.31. The van der Waals surface area contributed by atoms with Crippen molar-refractivity contribution in [3.05, 3.63) is 34.9 Å². The van der Waals surface area contributed by atoms with Crippen LogP contribution in [0.25, 0.3) is 0 Å². The summed E-state index contributed by atoms with van der Waals surface area (Å²) in [5, 5.41) is 8.70. The first-order chi connectivity index (χ1) is 9.32. The van der Waals surface area contributed by atoms with Crippen LogP contribution in [0.3, 0.4) is 0 Å². The number of carboxylic acid groups (broad SMARTS) is 1. The second-order valence-electron chi connectivity index (χ2n) is 5.48. The lowest BCUT2D eigenvalue weighted by molar-refractivity contribution is -0.137. The first-order valence-electron chi connectivity index (χ1n) is 6.59. The normalized spacial score (nSPS) is 21.9. The standard InChI is InChI=1S/C15H19NO4/c1-10-4-5-12(11(2)8-10)15(3)9-16(14(19)20-15)7-6-13(17)18/h4-5,8H,6-7,9H2,1-3H3,(H,17,18). The maximum atomic E-state index is 11.9. The third-order valence-electron chi connectivity index (χ3n) is 3.61. The van der Waals surface area contributed by atoms with E-state index in [1.54, 1.807) is 0 Å². The van der Waals surface area contributed by atoms with Gasteiger partial charge in [-0.15, -0.1) is 0 Å². The lowest BCUT2D eigenvalue weighted by atomic mass is 9.91. The minimum absolute atomic E-state index is 0.0714. The van der Waals surface area contributed by atoms with E-state index in [1.165, 1.54) is 4.90 Å². The molecule has 0 radical (unpaired) electrons. The molecular weight excluding hydrogens is 258 g/mol. The van der Waals surface area contributed by atoms with Crippen LogP contribution in [-0.2, 0) is 15.1 Å². The zero-order chi connectivity index (χ0) is 14.9. The van der Waals surface area contributed by atoms with E-state index in [1.807, 2.05) is 39.0 Å². The van der Waals surface area contributed by atoms with E-state index in [2.05, 4.69) is 0 Å². The van der Waals surface area contributed by atoms with Crippen LogP contribution in [0, 0.1) is 13.8 Å². The number of carbonyl (C=O) groups is 2. The Morgan fingerprint density at radius 1 is 1.45 bits per heavy atom. The van der Waals surface area contributed by atoms with Crippen molar-refractivity contribution in [3.63, 3.8) is 0 Å². The number of ether oxygens (including phenoxy) is 1. The summed E-state index contributed by atoms with van der Waals surface area (Å²) in [5.74, 6) is -0.919. The van der Waals surface area contributed by atoms with Gasteiger partial charge in [0.25, 0.3) is 0 Å². The summed E-state index contributed by atoms with van der Waals surface area (Å²) in [5.41, 5.74) is 2.48. The van der Waals surface area contributed by atoms with Crippen LogP contribution >= 0.6 is 0 Å². The van der Waals surface area contributed by atoms with Crippen LogP contribution in [0.2, 0.25) is 0 Å². The first-order valence-corrected chi connectivity index (χ1v) is 6.59. The van der Waals surface area contributed by atoms with Gasteiger partial charge >= 0.3 is 12.1 Å². The molecule has 1 aliphatic heterocycles. The topological polar surface area (TPSA) is 66.8 Å². The Kier molecular flexibility index (Phi) is 3.70. The van der Waals surface area contributed by atoms with Crippen molar-refractivity contribution in [1.29, 1.82) is 0 Å². The smallest absolute Gasteiger partial charge is 0.410 e. The third kappa shape index (κ3) is 2.76. The Labute approximate surface area is 118 Å². The second kappa shape index (κ2) is 5.15. The van der Waals surface area contributed by atoms with Crippen molar-refractivity contribution >= 4 is 12.1 Å². The van der Waals surface area contributed by atoms with Crippen LogP contribution < -0.4 is 0 Å². The largest absolute Gasteiger partial charge is 0.481 e. The van der Waals surface area contributed by atoms with Gasteiger partial charge in [0.05, 0.1) is 13.0 Å². The van der Waals surface area contributed by atoms with Crippen molar-refractivity contribution in [2.45, 2.75) is 32.8 Å². The fourth-order valence-corrected chi connectivity index (χ4v) is 2.67. The van der Waals surface area contributed by atoms with Gasteiger partial charge in [-0.3, -0.25) is 4.79 Å². The van der Waals surface area contributed by atoms with Crippen molar-refractivity contribution < 1.29 is 19.4 Å². The Morgan fingerprint density at radius 2 is 2.15 bits per heavy atom. The van der Waals surface area contributed by atoms with E-state index < -0.39 is 17.7 Å². The van der Waals surface area contributed by atoms with Crippen LogP contribution in [-0.4, -0.2) is 35.2 Å². The highest BCUT2D eigenvalue weighted by molar-refractivity contribution is 5.73. The van der Waals surface area contributed by atoms with Crippen molar-refractivity contribution in [3.8, 4) is 0 Å². The highest BCUT2D eigenvalue weighted by atomic mass is 16.6. The van der Waals surface area contributed by atoms with Gasteiger partial charge in [-0.1, -0.05) is 23.8 Å². The summed E-state index contributed by atoms with van der Waals surface area (Å²) >= 11 is 0. The maximum absolute atomic E-state index is 11.9. The molecule has 1 unspecified atom stereocenters. The molecule has 1 atom stereocenters. The number of rotatable bonds is 4. The number of cyclic esters (lactones) is 1. The van der Waals surface area contributed by atoms with Crippen molar-refractivity contribution in [1.82, 2.24) is 4.90 Å².